The van der Waals surface area contributed by atoms with Crippen LogP contribution in [0.1, 0.15) is 6.23 Å². The zero-order valence-electron chi connectivity index (χ0n) is 10.8. The number of ether oxygens (including phenoxy) is 1. The van der Waals surface area contributed by atoms with Crippen molar-refractivity contribution >= 4 is 27.0 Å². The number of fused-ring (bicyclic) bond motifs is 1. The molecule has 10 heteroatoms. The van der Waals surface area contributed by atoms with Crippen LogP contribution in [0.15, 0.2) is 10.8 Å². The lowest BCUT2D eigenvalue weighted by Crippen LogP contribution is -2.50. The highest BCUT2D eigenvalue weighted by Gasteiger charge is 2.40. The molecular weight excluding hydrogens is 373 g/mol. The van der Waals surface area contributed by atoms with Crippen LogP contribution in [0.4, 0.5) is 13.2 Å². The summed E-state index contributed by atoms with van der Waals surface area (Å²) in [6.07, 6.45) is -5.82. The van der Waals surface area contributed by atoms with Gasteiger partial charge in [-0.15, -0.1) is 0 Å². The zero-order chi connectivity index (χ0) is 16.2. The maximum absolute atomic E-state index is 14.0. The Morgan fingerprint density at radius 3 is 2.55 bits per heavy atom. The summed E-state index contributed by atoms with van der Waals surface area (Å²) < 4.78 is 46.8. The van der Waals surface area contributed by atoms with E-state index in [1.807, 2.05) is 0 Å². The van der Waals surface area contributed by atoms with Crippen LogP contribution < -0.4 is 0 Å². The van der Waals surface area contributed by atoms with Crippen molar-refractivity contribution in [3.05, 3.63) is 28.3 Å². The number of nitrogens with zero attached hydrogens (tertiary/aromatic N) is 2. The van der Waals surface area contributed by atoms with E-state index in [0.29, 0.717) is 6.07 Å². The van der Waals surface area contributed by atoms with Gasteiger partial charge in [-0.25, -0.2) is 18.2 Å². The van der Waals surface area contributed by atoms with Gasteiger partial charge in [0, 0.05) is 6.07 Å². The van der Waals surface area contributed by atoms with Gasteiger partial charge in [0.25, 0.3) is 0 Å². The average molecular weight is 383 g/mol. The highest BCUT2D eigenvalue weighted by molar-refractivity contribution is 9.10. The molecule has 1 aromatic carbocycles. The smallest absolute Gasteiger partial charge is 0.196 e. The van der Waals surface area contributed by atoms with Gasteiger partial charge in [-0.1, -0.05) is 0 Å². The Bertz CT molecular complexity index is 741. The Kier molecular flexibility index (Phi) is 3.89. The number of halogens is 4. The van der Waals surface area contributed by atoms with E-state index in [9.17, 15) is 28.5 Å². The second kappa shape index (κ2) is 5.46. The van der Waals surface area contributed by atoms with Crippen molar-refractivity contribution in [1.82, 2.24) is 9.55 Å². The van der Waals surface area contributed by atoms with E-state index >= 15 is 0 Å². The molecule has 2 heterocycles. The zero-order valence-corrected chi connectivity index (χ0v) is 12.3. The Morgan fingerprint density at radius 1 is 1.18 bits per heavy atom. The quantitative estimate of drug-likeness (QED) is 0.635. The first kappa shape index (κ1) is 15.7. The summed E-state index contributed by atoms with van der Waals surface area (Å²) in [7, 11) is 0. The molecule has 120 valence electrons. The highest BCUT2D eigenvalue weighted by atomic mass is 79.9. The maximum atomic E-state index is 14.0. The molecule has 0 aliphatic carbocycles. The summed E-state index contributed by atoms with van der Waals surface area (Å²) in [5, 5.41) is 29.1. The Hall–Kier alpha value is -1.20. The number of rotatable bonds is 1. The molecule has 1 fully saturated rings. The molecule has 0 saturated carbocycles. The summed E-state index contributed by atoms with van der Waals surface area (Å²) in [5.74, 6) is -4.58. The van der Waals surface area contributed by atoms with Crippen molar-refractivity contribution in [2.75, 3.05) is 6.61 Å². The number of aliphatic hydroxyl groups is 3. The van der Waals surface area contributed by atoms with E-state index in [1.54, 1.807) is 0 Å². The minimum atomic E-state index is -1.69. The van der Waals surface area contributed by atoms with Crippen molar-refractivity contribution in [3.63, 3.8) is 0 Å². The lowest BCUT2D eigenvalue weighted by molar-refractivity contribution is -0.210. The number of aromatic nitrogens is 2. The van der Waals surface area contributed by atoms with Crippen molar-refractivity contribution < 1.29 is 33.2 Å². The van der Waals surface area contributed by atoms with Gasteiger partial charge < -0.3 is 20.1 Å². The Morgan fingerprint density at radius 2 is 1.86 bits per heavy atom. The molecule has 0 spiro atoms. The fourth-order valence-electron chi connectivity index (χ4n) is 2.38. The third kappa shape index (κ3) is 2.22. The van der Waals surface area contributed by atoms with Gasteiger partial charge in [0.1, 0.15) is 23.8 Å². The molecule has 0 amide bonds. The number of benzene rings is 1. The molecule has 1 saturated heterocycles. The average Bonchev–Trinajstić information content (AvgIpc) is 2.79. The van der Waals surface area contributed by atoms with Crippen LogP contribution in [-0.4, -0.2) is 49.8 Å². The molecule has 0 unspecified atom stereocenters. The minimum Gasteiger partial charge on any atom is -0.388 e. The van der Waals surface area contributed by atoms with E-state index < -0.39 is 47.5 Å². The molecule has 4 atom stereocenters. The number of hydrogen-bond donors (Lipinski definition) is 3. The fraction of sp³-hybridized carbons (Fsp3) is 0.417. The second-order valence-corrected chi connectivity index (χ2v) is 5.59. The van der Waals surface area contributed by atoms with E-state index in [1.165, 1.54) is 0 Å². The Labute approximate surface area is 129 Å². The monoisotopic (exact) mass is 382 g/mol. The minimum absolute atomic E-state index is 0.0564. The molecule has 1 aromatic heterocycles. The standard InChI is InChI=1S/C12H10BrF3N2O4/c13-12-17-4-1-3(14)6(15)7(16)8(4)18(12)11-10(21)9(20)5(19)2-22-11/h1,5,9-11,19-21H,2H2/t5-,9-,10-,11-/m1/s1. The van der Waals surface area contributed by atoms with Crippen LogP contribution >= 0.6 is 15.9 Å². The van der Waals surface area contributed by atoms with Crippen LogP contribution in [0.5, 0.6) is 0 Å². The summed E-state index contributed by atoms with van der Waals surface area (Å²) >= 11 is 3.00. The SMILES string of the molecule is O[C@@H]1[C@H](O)[C@H](O)CO[C@H]1n1c(Br)nc2cc(F)c(F)c(F)c21. The molecule has 2 aromatic rings. The third-order valence-corrected chi connectivity index (χ3v) is 4.06. The van der Waals surface area contributed by atoms with Gasteiger partial charge in [0.05, 0.1) is 12.1 Å². The van der Waals surface area contributed by atoms with Gasteiger partial charge in [0.15, 0.2) is 28.4 Å². The molecule has 0 radical (unpaired) electrons. The molecule has 1 aliphatic rings. The number of hydrogen-bond acceptors (Lipinski definition) is 5. The predicted molar refractivity (Wildman–Crippen MR) is 70.3 cm³/mol. The van der Waals surface area contributed by atoms with Crippen molar-refractivity contribution in [2.24, 2.45) is 0 Å². The second-order valence-electron chi connectivity index (χ2n) is 4.88. The van der Waals surface area contributed by atoms with E-state index in [0.717, 1.165) is 4.57 Å². The lowest BCUT2D eigenvalue weighted by Gasteiger charge is -2.36. The summed E-state index contributed by atoms with van der Waals surface area (Å²) in [6.45, 7) is -0.333. The lowest BCUT2D eigenvalue weighted by atomic mass is 10.0. The summed E-state index contributed by atoms with van der Waals surface area (Å²) in [4.78, 5) is 3.83. The largest absolute Gasteiger partial charge is 0.388 e. The molecular formula is C12H10BrF3N2O4. The predicted octanol–water partition coefficient (Wildman–Crippen LogP) is 0.828. The molecule has 6 nitrogen and oxygen atoms in total. The first-order valence-corrected chi connectivity index (χ1v) is 6.99. The maximum Gasteiger partial charge on any atom is 0.196 e. The number of aliphatic hydroxyl groups excluding tert-OH is 3. The van der Waals surface area contributed by atoms with Crippen LogP contribution in [0.3, 0.4) is 0 Å². The van der Waals surface area contributed by atoms with E-state index in [2.05, 4.69) is 20.9 Å². The third-order valence-electron chi connectivity index (χ3n) is 3.50. The van der Waals surface area contributed by atoms with Crippen LogP contribution in [0.25, 0.3) is 11.0 Å². The summed E-state index contributed by atoms with van der Waals surface area (Å²) in [6, 6.07) is 0.704. The van der Waals surface area contributed by atoms with Crippen LogP contribution in [-0.2, 0) is 4.74 Å². The van der Waals surface area contributed by atoms with Crippen molar-refractivity contribution in [1.29, 1.82) is 0 Å². The normalized spacial score (nSPS) is 29.2. The molecule has 3 N–H and O–H groups in total. The van der Waals surface area contributed by atoms with Crippen LogP contribution in [0.2, 0.25) is 0 Å². The molecule has 22 heavy (non-hydrogen) atoms. The molecule has 1 aliphatic heterocycles. The van der Waals surface area contributed by atoms with Gasteiger partial charge in [0.2, 0.25) is 0 Å². The van der Waals surface area contributed by atoms with Crippen molar-refractivity contribution in [3.8, 4) is 0 Å². The molecule has 3 rings (SSSR count). The van der Waals surface area contributed by atoms with Crippen LogP contribution in [0, 0.1) is 17.5 Å². The highest BCUT2D eigenvalue weighted by Crippen LogP contribution is 2.34. The van der Waals surface area contributed by atoms with Gasteiger partial charge >= 0.3 is 0 Å². The first-order chi connectivity index (χ1) is 10.3. The molecule has 0 bridgehead atoms. The van der Waals surface area contributed by atoms with E-state index in [4.69, 9.17) is 4.74 Å². The number of imidazole rings is 1. The van der Waals surface area contributed by atoms with E-state index in [-0.39, 0.29) is 16.9 Å². The first-order valence-electron chi connectivity index (χ1n) is 6.19. The van der Waals surface area contributed by atoms with Gasteiger partial charge in [-0.2, -0.15) is 0 Å². The van der Waals surface area contributed by atoms with Gasteiger partial charge in [-0.3, -0.25) is 4.57 Å². The Balaban J connectivity index is 2.19. The summed E-state index contributed by atoms with van der Waals surface area (Å²) in [5.41, 5.74) is -0.627. The fourth-order valence-corrected chi connectivity index (χ4v) is 2.95. The topological polar surface area (TPSA) is 87.7 Å². The van der Waals surface area contributed by atoms with Gasteiger partial charge in [-0.05, 0) is 15.9 Å². The van der Waals surface area contributed by atoms with Crippen molar-refractivity contribution in [2.45, 2.75) is 24.5 Å².